The Bertz CT molecular complexity index is 508. The van der Waals surface area contributed by atoms with E-state index in [1.54, 1.807) is 14.0 Å². The van der Waals surface area contributed by atoms with Gasteiger partial charge in [0.05, 0.1) is 18.2 Å². The topological polar surface area (TPSA) is 87.7 Å². The number of carbonyl (C=O) groups is 2. The van der Waals surface area contributed by atoms with E-state index in [1.807, 2.05) is 0 Å². The fourth-order valence-corrected chi connectivity index (χ4v) is 1.64. The molecule has 0 bridgehead atoms. The molecular formula is C14H19FN2O4. The second-order valence-electron chi connectivity index (χ2n) is 4.51. The summed E-state index contributed by atoms with van der Waals surface area (Å²) in [5.41, 5.74) is 0.193. The number of hydrogen-bond acceptors (Lipinski definition) is 4. The predicted molar refractivity (Wildman–Crippen MR) is 74.5 cm³/mol. The van der Waals surface area contributed by atoms with E-state index in [1.165, 1.54) is 12.1 Å². The smallest absolute Gasteiger partial charge is 0.338 e. The monoisotopic (exact) mass is 298 g/mol. The Morgan fingerprint density at radius 2 is 2.14 bits per heavy atom. The summed E-state index contributed by atoms with van der Waals surface area (Å²) in [7, 11) is 1.54. The lowest BCUT2D eigenvalue weighted by Crippen LogP contribution is -2.42. The van der Waals surface area contributed by atoms with Crippen LogP contribution in [0.1, 0.15) is 22.8 Å². The molecule has 0 saturated carbocycles. The number of carboxylic acids is 1. The number of carbonyl (C=O) groups excluding carboxylic acids is 1. The average molecular weight is 298 g/mol. The normalized spacial score (nSPS) is 12.0. The largest absolute Gasteiger partial charge is 0.478 e. The fourth-order valence-electron chi connectivity index (χ4n) is 1.64. The van der Waals surface area contributed by atoms with E-state index in [2.05, 4.69) is 10.6 Å². The summed E-state index contributed by atoms with van der Waals surface area (Å²) in [6.45, 7) is 2.80. The van der Waals surface area contributed by atoms with Gasteiger partial charge < -0.3 is 20.5 Å². The van der Waals surface area contributed by atoms with Crippen LogP contribution in [0.4, 0.5) is 4.39 Å². The van der Waals surface area contributed by atoms with Gasteiger partial charge in [-0.2, -0.15) is 0 Å². The van der Waals surface area contributed by atoms with Crippen LogP contribution < -0.4 is 10.6 Å². The standard InChI is InChI=1S/C14H19FN2O4/c1-9(13(18)16-5-6-21-2)17-8-10-3-4-11(14(19)20)12(15)7-10/h3-4,7,9,17H,5-6,8H2,1-2H3,(H,16,18)(H,19,20). The lowest BCUT2D eigenvalue weighted by molar-refractivity contribution is -0.122. The van der Waals surface area contributed by atoms with Gasteiger partial charge in [0.1, 0.15) is 5.82 Å². The van der Waals surface area contributed by atoms with E-state index in [0.717, 1.165) is 6.07 Å². The Labute approximate surface area is 122 Å². The van der Waals surface area contributed by atoms with Gasteiger partial charge in [-0.1, -0.05) is 6.07 Å². The van der Waals surface area contributed by atoms with Gasteiger partial charge in [-0.15, -0.1) is 0 Å². The van der Waals surface area contributed by atoms with Gasteiger partial charge in [-0.3, -0.25) is 4.79 Å². The maximum atomic E-state index is 13.5. The number of nitrogens with one attached hydrogen (secondary N) is 2. The summed E-state index contributed by atoms with van der Waals surface area (Å²) in [6, 6.07) is 3.41. The van der Waals surface area contributed by atoms with Crippen molar-refractivity contribution in [3.8, 4) is 0 Å². The summed E-state index contributed by atoms with van der Waals surface area (Å²) < 4.78 is 18.3. The number of aromatic carboxylic acids is 1. The summed E-state index contributed by atoms with van der Waals surface area (Å²) in [5.74, 6) is -2.29. The molecule has 1 rings (SSSR count). The second kappa shape index (κ2) is 8.33. The van der Waals surface area contributed by atoms with E-state index < -0.39 is 17.8 Å². The summed E-state index contributed by atoms with van der Waals surface area (Å²) in [6.07, 6.45) is 0. The first kappa shape index (κ1) is 17.1. The van der Waals surface area contributed by atoms with Crippen LogP contribution in [0, 0.1) is 5.82 Å². The molecule has 1 aromatic carbocycles. The number of amides is 1. The molecule has 1 unspecified atom stereocenters. The zero-order chi connectivity index (χ0) is 15.8. The van der Waals surface area contributed by atoms with Crippen LogP contribution >= 0.6 is 0 Å². The van der Waals surface area contributed by atoms with Crippen molar-refractivity contribution in [3.05, 3.63) is 35.1 Å². The minimum atomic E-state index is -1.31. The number of benzene rings is 1. The Kier molecular flexibility index (Phi) is 6.77. The zero-order valence-corrected chi connectivity index (χ0v) is 12.0. The number of rotatable bonds is 8. The molecule has 21 heavy (non-hydrogen) atoms. The lowest BCUT2D eigenvalue weighted by Gasteiger charge is -2.14. The average Bonchev–Trinajstić information content (AvgIpc) is 2.44. The van der Waals surface area contributed by atoms with Crippen molar-refractivity contribution in [1.82, 2.24) is 10.6 Å². The highest BCUT2D eigenvalue weighted by Gasteiger charge is 2.13. The van der Waals surface area contributed by atoms with Gasteiger partial charge >= 0.3 is 5.97 Å². The van der Waals surface area contributed by atoms with Crippen molar-refractivity contribution < 1.29 is 23.8 Å². The number of carboxylic acid groups (broad SMARTS) is 1. The fraction of sp³-hybridized carbons (Fsp3) is 0.429. The molecule has 7 heteroatoms. The maximum absolute atomic E-state index is 13.5. The second-order valence-corrected chi connectivity index (χ2v) is 4.51. The Morgan fingerprint density at radius 1 is 1.43 bits per heavy atom. The highest BCUT2D eigenvalue weighted by molar-refractivity contribution is 5.87. The molecule has 116 valence electrons. The van der Waals surface area contributed by atoms with E-state index in [-0.39, 0.29) is 18.0 Å². The third kappa shape index (κ3) is 5.49. The molecule has 0 aromatic heterocycles. The van der Waals surface area contributed by atoms with E-state index in [0.29, 0.717) is 18.7 Å². The van der Waals surface area contributed by atoms with Crippen LogP contribution in [0.15, 0.2) is 18.2 Å². The maximum Gasteiger partial charge on any atom is 0.338 e. The van der Waals surface area contributed by atoms with Crippen LogP contribution in [0.2, 0.25) is 0 Å². The van der Waals surface area contributed by atoms with Crippen molar-refractivity contribution in [2.45, 2.75) is 19.5 Å². The number of methoxy groups -OCH3 is 1. The van der Waals surface area contributed by atoms with Crippen molar-refractivity contribution in [1.29, 1.82) is 0 Å². The van der Waals surface area contributed by atoms with Gasteiger partial charge in [0, 0.05) is 20.2 Å². The summed E-state index contributed by atoms with van der Waals surface area (Å²) >= 11 is 0. The molecule has 3 N–H and O–H groups in total. The molecular weight excluding hydrogens is 279 g/mol. The molecule has 0 aliphatic carbocycles. The third-order valence-corrected chi connectivity index (χ3v) is 2.87. The molecule has 1 aromatic rings. The minimum absolute atomic E-state index is 0.185. The van der Waals surface area contributed by atoms with Gasteiger partial charge in [-0.05, 0) is 24.6 Å². The van der Waals surface area contributed by atoms with Gasteiger partial charge in [0.15, 0.2) is 0 Å². The Balaban J connectivity index is 2.49. The molecule has 0 aliphatic heterocycles. The first-order chi connectivity index (χ1) is 9.95. The highest BCUT2D eigenvalue weighted by atomic mass is 19.1. The Morgan fingerprint density at radius 3 is 2.71 bits per heavy atom. The predicted octanol–water partition coefficient (Wildman–Crippen LogP) is 0.765. The first-order valence-corrected chi connectivity index (χ1v) is 6.47. The van der Waals surface area contributed by atoms with Crippen molar-refractivity contribution in [3.63, 3.8) is 0 Å². The molecule has 0 fully saturated rings. The van der Waals surface area contributed by atoms with Crippen LogP contribution in [0.3, 0.4) is 0 Å². The summed E-state index contributed by atoms with van der Waals surface area (Å²) in [4.78, 5) is 22.4. The quantitative estimate of drug-likeness (QED) is 0.617. The zero-order valence-electron chi connectivity index (χ0n) is 12.0. The van der Waals surface area contributed by atoms with Gasteiger partial charge in [0.2, 0.25) is 5.91 Å². The van der Waals surface area contributed by atoms with Gasteiger partial charge in [0.25, 0.3) is 0 Å². The number of halogens is 1. The molecule has 0 saturated heterocycles. The van der Waals surface area contributed by atoms with Crippen LogP contribution in [0.5, 0.6) is 0 Å². The third-order valence-electron chi connectivity index (χ3n) is 2.87. The molecule has 0 radical (unpaired) electrons. The molecule has 1 amide bonds. The van der Waals surface area contributed by atoms with Crippen molar-refractivity contribution >= 4 is 11.9 Å². The van der Waals surface area contributed by atoms with Gasteiger partial charge in [-0.25, -0.2) is 9.18 Å². The molecule has 6 nitrogen and oxygen atoms in total. The van der Waals surface area contributed by atoms with E-state index >= 15 is 0 Å². The highest BCUT2D eigenvalue weighted by Crippen LogP contribution is 2.10. The van der Waals surface area contributed by atoms with Crippen LogP contribution in [-0.4, -0.2) is 43.3 Å². The molecule has 0 heterocycles. The molecule has 0 aliphatic rings. The lowest BCUT2D eigenvalue weighted by atomic mass is 10.1. The van der Waals surface area contributed by atoms with E-state index in [4.69, 9.17) is 9.84 Å². The number of ether oxygens (including phenoxy) is 1. The van der Waals surface area contributed by atoms with Crippen molar-refractivity contribution in [2.24, 2.45) is 0 Å². The van der Waals surface area contributed by atoms with E-state index in [9.17, 15) is 14.0 Å². The summed E-state index contributed by atoms with van der Waals surface area (Å²) in [5, 5.41) is 14.3. The van der Waals surface area contributed by atoms with Crippen molar-refractivity contribution in [2.75, 3.05) is 20.3 Å². The first-order valence-electron chi connectivity index (χ1n) is 6.47. The molecule has 1 atom stereocenters. The SMILES string of the molecule is COCCNC(=O)C(C)NCc1ccc(C(=O)O)c(F)c1. The van der Waals surface area contributed by atoms with Crippen LogP contribution in [0.25, 0.3) is 0 Å². The number of hydrogen-bond donors (Lipinski definition) is 3. The Hall–Kier alpha value is -1.99. The minimum Gasteiger partial charge on any atom is -0.478 e. The molecule has 0 spiro atoms. The van der Waals surface area contributed by atoms with Crippen LogP contribution in [-0.2, 0) is 16.1 Å².